The van der Waals surface area contributed by atoms with Crippen molar-refractivity contribution in [2.75, 3.05) is 13.7 Å². The minimum atomic E-state index is -0.319. The van der Waals surface area contributed by atoms with Crippen molar-refractivity contribution >= 4 is 11.9 Å². The van der Waals surface area contributed by atoms with Gasteiger partial charge in [0.1, 0.15) is 5.75 Å². The van der Waals surface area contributed by atoms with Crippen molar-refractivity contribution in [3.63, 3.8) is 0 Å². The van der Waals surface area contributed by atoms with E-state index in [-0.39, 0.29) is 30.4 Å². The summed E-state index contributed by atoms with van der Waals surface area (Å²) in [6.07, 6.45) is 0.213. The summed E-state index contributed by atoms with van der Waals surface area (Å²) >= 11 is 0. The highest BCUT2D eigenvalue weighted by molar-refractivity contribution is 5.78. The van der Waals surface area contributed by atoms with Gasteiger partial charge in [0.15, 0.2) is 6.61 Å². The fourth-order valence-electron chi connectivity index (χ4n) is 2.63. The predicted molar refractivity (Wildman–Crippen MR) is 104 cm³/mol. The van der Waals surface area contributed by atoms with Crippen LogP contribution in [-0.2, 0) is 27.3 Å². The first-order valence-electron chi connectivity index (χ1n) is 8.92. The van der Waals surface area contributed by atoms with E-state index in [0.29, 0.717) is 12.3 Å². The third-order valence-electron chi connectivity index (χ3n) is 4.16. The van der Waals surface area contributed by atoms with E-state index in [1.165, 1.54) is 7.11 Å². The van der Waals surface area contributed by atoms with E-state index in [0.717, 1.165) is 11.1 Å². The molecule has 0 fully saturated rings. The number of nitrogens with zero attached hydrogens (tertiary/aromatic N) is 1. The first-order valence-corrected chi connectivity index (χ1v) is 8.92. The topological polar surface area (TPSA) is 55.8 Å². The largest absolute Gasteiger partial charge is 0.484 e. The molecule has 27 heavy (non-hydrogen) atoms. The number of esters is 1. The van der Waals surface area contributed by atoms with Gasteiger partial charge in [0.05, 0.1) is 13.5 Å². The lowest BCUT2D eigenvalue weighted by Crippen LogP contribution is -2.47. The summed E-state index contributed by atoms with van der Waals surface area (Å²) in [5.41, 5.74) is 1.59. The first kappa shape index (κ1) is 20.5. The second-order valence-electron chi connectivity index (χ2n) is 7.32. The number of amides is 1. The van der Waals surface area contributed by atoms with Crippen LogP contribution in [0, 0.1) is 0 Å². The van der Waals surface area contributed by atoms with Crippen LogP contribution in [0.1, 0.15) is 31.9 Å². The molecule has 1 amide bonds. The second-order valence-corrected chi connectivity index (χ2v) is 7.32. The number of methoxy groups -OCH3 is 1. The molecule has 0 saturated carbocycles. The maximum atomic E-state index is 12.8. The minimum Gasteiger partial charge on any atom is -0.484 e. The average Bonchev–Trinajstić information content (AvgIpc) is 2.65. The van der Waals surface area contributed by atoms with Crippen molar-refractivity contribution in [2.24, 2.45) is 0 Å². The van der Waals surface area contributed by atoms with Crippen molar-refractivity contribution in [1.82, 2.24) is 4.90 Å². The van der Waals surface area contributed by atoms with Crippen LogP contribution < -0.4 is 4.74 Å². The molecule has 0 N–H and O–H groups in total. The highest BCUT2D eigenvalue weighted by Gasteiger charge is 2.26. The lowest BCUT2D eigenvalue weighted by atomic mass is 10.0. The maximum absolute atomic E-state index is 12.8. The highest BCUT2D eigenvalue weighted by atomic mass is 16.5. The summed E-state index contributed by atoms with van der Waals surface area (Å²) < 4.78 is 10.3. The van der Waals surface area contributed by atoms with E-state index in [1.54, 1.807) is 24.3 Å². The Balaban J connectivity index is 1.98. The van der Waals surface area contributed by atoms with Crippen LogP contribution in [0.25, 0.3) is 0 Å². The monoisotopic (exact) mass is 369 g/mol. The van der Waals surface area contributed by atoms with E-state index >= 15 is 0 Å². The van der Waals surface area contributed by atoms with E-state index in [2.05, 4.69) is 4.74 Å². The van der Waals surface area contributed by atoms with E-state index in [9.17, 15) is 9.59 Å². The van der Waals surface area contributed by atoms with Crippen molar-refractivity contribution < 1.29 is 19.1 Å². The fraction of sp³-hybridized carbons (Fsp3) is 0.364. The molecule has 5 heteroatoms. The molecule has 0 aliphatic carbocycles. The van der Waals surface area contributed by atoms with Gasteiger partial charge in [0.25, 0.3) is 5.91 Å². The molecule has 0 aromatic heterocycles. The molecule has 2 aromatic rings. The summed E-state index contributed by atoms with van der Waals surface area (Å²) in [5, 5.41) is 0. The summed E-state index contributed by atoms with van der Waals surface area (Å²) in [4.78, 5) is 25.9. The Morgan fingerprint density at radius 2 is 1.56 bits per heavy atom. The SMILES string of the molecule is COC(=O)Cc1ccc(OCC(=O)N(Cc2ccccc2)C(C)(C)C)cc1. The van der Waals surface area contributed by atoms with Gasteiger partial charge in [-0.3, -0.25) is 9.59 Å². The Morgan fingerprint density at radius 3 is 2.11 bits per heavy atom. The van der Waals surface area contributed by atoms with Crippen molar-refractivity contribution in [1.29, 1.82) is 0 Å². The highest BCUT2D eigenvalue weighted by Crippen LogP contribution is 2.19. The normalized spacial score (nSPS) is 11.0. The van der Waals surface area contributed by atoms with Crippen LogP contribution in [0.2, 0.25) is 0 Å². The molecular weight excluding hydrogens is 342 g/mol. The zero-order valence-corrected chi connectivity index (χ0v) is 16.4. The maximum Gasteiger partial charge on any atom is 0.309 e. The van der Waals surface area contributed by atoms with Gasteiger partial charge in [-0.25, -0.2) is 0 Å². The standard InChI is InChI=1S/C22H27NO4/c1-22(2,3)23(15-18-8-6-5-7-9-18)20(24)16-27-19-12-10-17(11-13-19)14-21(25)26-4/h5-13H,14-16H2,1-4H3. The number of rotatable bonds is 7. The van der Waals surface area contributed by atoms with Crippen molar-refractivity contribution in [3.05, 3.63) is 65.7 Å². The number of ether oxygens (including phenoxy) is 2. The third kappa shape index (κ3) is 6.44. The molecule has 0 aliphatic rings. The summed E-state index contributed by atoms with van der Waals surface area (Å²) in [6, 6.07) is 17.0. The molecule has 144 valence electrons. The van der Waals surface area contributed by atoms with Gasteiger partial charge >= 0.3 is 5.97 Å². The molecule has 0 unspecified atom stereocenters. The Labute approximate surface area is 160 Å². The van der Waals surface area contributed by atoms with Gasteiger partial charge in [0.2, 0.25) is 0 Å². The molecule has 5 nitrogen and oxygen atoms in total. The average molecular weight is 369 g/mol. The lowest BCUT2D eigenvalue weighted by Gasteiger charge is -2.35. The molecule has 0 bridgehead atoms. The van der Waals surface area contributed by atoms with Crippen molar-refractivity contribution in [2.45, 2.75) is 39.3 Å². The Kier molecular flexibility index (Phi) is 6.99. The molecule has 2 rings (SSSR count). The lowest BCUT2D eigenvalue weighted by molar-refractivity contribution is -0.140. The zero-order chi connectivity index (χ0) is 19.9. The first-order chi connectivity index (χ1) is 12.8. The zero-order valence-electron chi connectivity index (χ0n) is 16.4. The van der Waals surface area contributed by atoms with Gasteiger partial charge in [-0.1, -0.05) is 42.5 Å². The summed E-state index contributed by atoms with van der Waals surface area (Å²) in [6.45, 7) is 6.52. The van der Waals surface area contributed by atoms with Crippen molar-refractivity contribution in [3.8, 4) is 5.75 Å². The molecule has 0 atom stereocenters. The van der Waals surface area contributed by atoms with Gasteiger partial charge in [-0.05, 0) is 44.0 Å². The third-order valence-corrected chi connectivity index (χ3v) is 4.16. The van der Waals surface area contributed by atoms with Crippen LogP contribution in [0.3, 0.4) is 0 Å². The number of hydrogen-bond acceptors (Lipinski definition) is 4. The molecule has 0 heterocycles. The van der Waals surface area contributed by atoms with E-state index < -0.39 is 0 Å². The molecule has 0 spiro atoms. The molecule has 0 radical (unpaired) electrons. The second kappa shape index (κ2) is 9.21. The van der Waals surface area contributed by atoms with Gasteiger partial charge in [0, 0.05) is 12.1 Å². The smallest absolute Gasteiger partial charge is 0.309 e. The Bertz CT molecular complexity index is 748. The van der Waals surface area contributed by atoms with Gasteiger partial charge in [-0.15, -0.1) is 0 Å². The molecule has 0 aliphatic heterocycles. The van der Waals surface area contributed by atoms with Crippen LogP contribution in [-0.4, -0.2) is 36.0 Å². The predicted octanol–water partition coefficient (Wildman–Crippen LogP) is 3.61. The van der Waals surface area contributed by atoms with Gasteiger partial charge < -0.3 is 14.4 Å². The van der Waals surface area contributed by atoms with Crippen LogP contribution in [0.5, 0.6) is 5.75 Å². The van der Waals surface area contributed by atoms with Crippen LogP contribution in [0.15, 0.2) is 54.6 Å². The number of carbonyl (C=O) groups is 2. The quantitative estimate of drug-likeness (QED) is 0.700. The number of hydrogen-bond donors (Lipinski definition) is 0. The summed E-state index contributed by atoms with van der Waals surface area (Å²) in [7, 11) is 1.36. The van der Waals surface area contributed by atoms with E-state index in [4.69, 9.17) is 4.74 Å². The van der Waals surface area contributed by atoms with Crippen LogP contribution >= 0.6 is 0 Å². The fourth-order valence-corrected chi connectivity index (χ4v) is 2.63. The van der Waals surface area contributed by atoms with Crippen LogP contribution in [0.4, 0.5) is 0 Å². The Hall–Kier alpha value is -2.82. The minimum absolute atomic E-state index is 0.0412. The summed E-state index contributed by atoms with van der Waals surface area (Å²) in [5.74, 6) is 0.219. The molecule has 0 saturated heterocycles. The molecular formula is C22H27NO4. The number of benzene rings is 2. The van der Waals surface area contributed by atoms with Gasteiger partial charge in [-0.2, -0.15) is 0 Å². The number of carbonyl (C=O) groups excluding carboxylic acids is 2. The van der Waals surface area contributed by atoms with E-state index in [1.807, 2.05) is 56.0 Å². The molecule has 2 aromatic carbocycles. The Morgan fingerprint density at radius 1 is 0.926 bits per heavy atom.